The van der Waals surface area contributed by atoms with E-state index < -0.39 is 30.2 Å². The van der Waals surface area contributed by atoms with E-state index in [2.05, 4.69) is 0 Å². The Balaban J connectivity index is 2.99. The molecule has 0 unspecified atom stereocenters. The van der Waals surface area contributed by atoms with E-state index in [1.165, 1.54) is 31.2 Å². The zero-order valence-corrected chi connectivity index (χ0v) is 11.0. The Morgan fingerprint density at radius 2 is 1.50 bits per heavy atom. The molecule has 0 fully saturated rings. The highest BCUT2D eigenvalue weighted by Crippen LogP contribution is 2.35. The zero-order valence-electron chi connectivity index (χ0n) is 11.0. The van der Waals surface area contributed by atoms with Crippen LogP contribution in [0.1, 0.15) is 18.5 Å². The number of rotatable bonds is 4. The van der Waals surface area contributed by atoms with Gasteiger partial charge in [-0.25, -0.2) is 4.39 Å². The van der Waals surface area contributed by atoms with Crippen LogP contribution < -0.4 is 10.6 Å². The van der Waals surface area contributed by atoms with Gasteiger partial charge in [0.1, 0.15) is 0 Å². The smallest absolute Gasteiger partial charge is 0.345 e. The number of carbonyl (C=O) groups is 1. The SMILES string of the molecule is C[C@@H](NC(=O)[C@@](F)(NC(F)(F)F)C(F)(F)F)c1ccccc1. The van der Waals surface area contributed by atoms with Gasteiger partial charge in [0, 0.05) is 0 Å². The standard InChI is InChI=1S/C12H11F7N2O/c1-7(8-5-3-2-4-6-8)20-9(22)10(13,11(14,15)16)21-12(17,18)19/h2-7,21H,1H3,(H,20,22)/t7-,10-/m1/s1. The molecule has 10 heteroatoms. The van der Waals surface area contributed by atoms with Gasteiger partial charge in [0.15, 0.2) is 0 Å². The van der Waals surface area contributed by atoms with Crippen molar-refractivity contribution >= 4 is 5.91 Å². The van der Waals surface area contributed by atoms with Gasteiger partial charge in [-0.2, -0.15) is 31.7 Å². The molecule has 1 aromatic carbocycles. The maximum absolute atomic E-state index is 13.7. The quantitative estimate of drug-likeness (QED) is 0.657. The number of carbonyl (C=O) groups excluding carboxylic acids is 1. The number of nitrogens with one attached hydrogen (secondary N) is 2. The van der Waals surface area contributed by atoms with Crippen LogP contribution in [0.25, 0.3) is 0 Å². The fourth-order valence-corrected chi connectivity index (χ4v) is 1.57. The molecule has 22 heavy (non-hydrogen) atoms. The summed E-state index contributed by atoms with van der Waals surface area (Å²) in [5.74, 6) is -7.76. The third-order valence-corrected chi connectivity index (χ3v) is 2.66. The summed E-state index contributed by atoms with van der Waals surface area (Å²) in [5, 5.41) is 1.29. The van der Waals surface area contributed by atoms with E-state index in [9.17, 15) is 35.5 Å². The molecule has 2 atom stereocenters. The first-order chi connectivity index (χ1) is 9.87. The minimum Gasteiger partial charge on any atom is -0.345 e. The Hall–Kier alpha value is -1.84. The molecule has 2 N–H and O–H groups in total. The Morgan fingerprint density at radius 3 is 1.91 bits per heavy atom. The largest absolute Gasteiger partial charge is 0.460 e. The minimum atomic E-state index is -6.09. The lowest BCUT2D eigenvalue weighted by molar-refractivity contribution is -0.279. The lowest BCUT2D eigenvalue weighted by Gasteiger charge is -2.29. The molecule has 0 radical (unpaired) electrons. The molecule has 0 aromatic heterocycles. The Kier molecular flexibility index (Phi) is 5.06. The van der Waals surface area contributed by atoms with Gasteiger partial charge in [0.25, 0.3) is 5.91 Å². The van der Waals surface area contributed by atoms with Gasteiger partial charge in [-0.15, -0.1) is 0 Å². The molecule has 124 valence electrons. The summed E-state index contributed by atoms with van der Waals surface area (Å²) in [4.78, 5) is 11.4. The molecule has 0 spiro atoms. The lowest BCUT2D eigenvalue weighted by atomic mass is 10.1. The van der Waals surface area contributed by atoms with Crippen molar-refractivity contribution in [2.75, 3.05) is 0 Å². The molecular weight excluding hydrogens is 321 g/mol. The van der Waals surface area contributed by atoms with Gasteiger partial charge >= 0.3 is 18.3 Å². The number of alkyl halides is 7. The van der Waals surface area contributed by atoms with Gasteiger partial charge in [-0.3, -0.25) is 4.79 Å². The normalized spacial score (nSPS) is 16.7. The van der Waals surface area contributed by atoms with Crippen LogP contribution >= 0.6 is 0 Å². The topological polar surface area (TPSA) is 41.1 Å². The molecule has 0 bridgehead atoms. The summed E-state index contributed by atoms with van der Waals surface area (Å²) in [5.41, 5.74) is 0.299. The molecule has 1 amide bonds. The molecule has 0 aliphatic heterocycles. The lowest BCUT2D eigenvalue weighted by Crippen LogP contribution is -2.66. The van der Waals surface area contributed by atoms with E-state index in [1.807, 2.05) is 0 Å². The van der Waals surface area contributed by atoms with Crippen molar-refractivity contribution in [2.24, 2.45) is 0 Å². The fraction of sp³-hybridized carbons (Fsp3) is 0.417. The van der Waals surface area contributed by atoms with Crippen LogP contribution in [0.15, 0.2) is 30.3 Å². The molecule has 1 rings (SSSR count). The monoisotopic (exact) mass is 332 g/mol. The number of amides is 1. The summed E-state index contributed by atoms with van der Waals surface area (Å²) in [6, 6.07) is 6.28. The molecule has 0 aliphatic carbocycles. The number of hydrogen-bond donors (Lipinski definition) is 2. The Labute approximate surface area is 120 Å². The summed E-state index contributed by atoms with van der Waals surface area (Å²) in [6.07, 6.45) is -11.8. The van der Waals surface area contributed by atoms with Crippen molar-refractivity contribution in [3.63, 3.8) is 0 Å². The maximum atomic E-state index is 13.7. The van der Waals surface area contributed by atoms with E-state index >= 15 is 0 Å². The van der Waals surface area contributed by atoms with Crippen LogP contribution in [0.5, 0.6) is 0 Å². The summed E-state index contributed by atoms with van der Waals surface area (Å²) in [7, 11) is 0. The zero-order chi connectivity index (χ0) is 17.2. The van der Waals surface area contributed by atoms with Crippen LogP contribution in [-0.4, -0.2) is 24.2 Å². The maximum Gasteiger partial charge on any atom is 0.460 e. The number of hydrogen-bond acceptors (Lipinski definition) is 2. The van der Waals surface area contributed by atoms with Gasteiger partial charge < -0.3 is 5.32 Å². The molecule has 3 nitrogen and oxygen atoms in total. The molecular formula is C12H11F7N2O. The van der Waals surface area contributed by atoms with Gasteiger partial charge in [-0.1, -0.05) is 30.3 Å². The van der Waals surface area contributed by atoms with Crippen LogP contribution in [-0.2, 0) is 4.79 Å². The minimum absolute atomic E-state index is 0.275. The average molecular weight is 332 g/mol. The third kappa shape index (κ3) is 4.33. The van der Waals surface area contributed by atoms with E-state index in [4.69, 9.17) is 0 Å². The second kappa shape index (κ2) is 6.11. The van der Waals surface area contributed by atoms with Crippen LogP contribution in [0.2, 0.25) is 0 Å². The molecule has 0 saturated carbocycles. The van der Waals surface area contributed by atoms with Crippen molar-refractivity contribution in [3.05, 3.63) is 35.9 Å². The molecule has 0 aliphatic rings. The molecule has 0 heterocycles. The molecule has 0 saturated heterocycles. The predicted octanol–water partition coefficient (Wildman–Crippen LogP) is 3.20. The van der Waals surface area contributed by atoms with Gasteiger partial charge in [-0.05, 0) is 12.5 Å². The van der Waals surface area contributed by atoms with Crippen LogP contribution in [0.4, 0.5) is 30.7 Å². The second-order valence-electron chi connectivity index (χ2n) is 4.38. The summed E-state index contributed by atoms with van der Waals surface area (Å²) >= 11 is 0. The van der Waals surface area contributed by atoms with E-state index in [-0.39, 0.29) is 5.32 Å². The van der Waals surface area contributed by atoms with Crippen molar-refractivity contribution in [3.8, 4) is 0 Å². The first kappa shape index (κ1) is 18.2. The predicted molar refractivity (Wildman–Crippen MR) is 62.1 cm³/mol. The summed E-state index contributed by atoms with van der Waals surface area (Å²) in [6.45, 7) is 1.21. The van der Waals surface area contributed by atoms with Crippen LogP contribution in [0.3, 0.4) is 0 Å². The average Bonchev–Trinajstić information content (AvgIpc) is 2.36. The van der Waals surface area contributed by atoms with Gasteiger partial charge in [0.2, 0.25) is 0 Å². The third-order valence-electron chi connectivity index (χ3n) is 2.66. The van der Waals surface area contributed by atoms with E-state index in [0.29, 0.717) is 5.56 Å². The van der Waals surface area contributed by atoms with Gasteiger partial charge in [0.05, 0.1) is 6.04 Å². The first-order valence-corrected chi connectivity index (χ1v) is 5.84. The van der Waals surface area contributed by atoms with Crippen molar-refractivity contribution in [2.45, 2.75) is 31.2 Å². The highest BCUT2D eigenvalue weighted by atomic mass is 19.4. The fourth-order valence-electron chi connectivity index (χ4n) is 1.57. The van der Waals surface area contributed by atoms with Crippen molar-refractivity contribution in [1.29, 1.82) is 0 Å². The Bertz CT molecular complexity index is 514. The van der Waals surface area contributed by atoms with E-state index in [0.717, 1.165) is 0 Å². The highest BCUT2D eigenvalue weighted by Gasteiger charge is 2.66. The van der Waals surface area contributed by atoms with Crippen LogP contribution in [0, 0.1) is 0 Å². The number of halogens is 7. The van der Waals surface area contributed by atoms with Crippen molar-refractivity contribution in [1.82, 2.24) is 10.6 Å². The first-order valence-electron chi connectivity index (χ1n) is 5.84. The Morgan fingerprint density at radius 1 is 1.00 bits per heavy atom. The van der Waals surface area contributed by atoms with Crippen molar-refractivity contribution < 1.29 is 35.5 Å². The second-order valence-corrected chi connectivity index (χ2v) is 4.38. The van der Waals surface area contributed by atoms with E-state index in [1.54, 1.807) is 11.4 Å². The highest BCUT2D eigenvalue weighted by molar-refractivity contribution is 5.86. The summed E-state index contributed by atoms with van der Waals surface area (Å²) < 4.78 is 87.5. The number of benzene rings is 1. The molecule has 1 aromatic rings.